The van der Waals surface area contributed by atoms with Crippen LogP contribution in [-0.2, 0) is 4.79 Å². The van der Waals surface area contributed by atoms with E-state index in [1.807, 2.05) is 16.7 Å². The Labute approximate surface area is 103 Å². The van der Waals surface area contributed by atoms with Crippen molar-refractivity contribution >= 4 is 5.91 Å². The summed E-state index contributed by atoms with van der Waals surface area (Å²) in [6.45, 7) is 4.51. The number of hydrogen-bond acceptors (Lipinski definition) is 3. The lowest BCUT2D eigenvalue weighted by molar-refractivity contribution is -0.133. The molecule has 0 spiro atoms. The van der Waals surface area contributed by atoms with E-state index in [-0.39, 0.29) is 12.0 Å². The molecule has 0 saturated carbocycles. The fraction of sp³-hybridized carbons (Fsp3) is 0.769. The highest BCUT2D eigenvalue weighted by molar-refractivity contribution is 5.80. The quantitative estimate of drug-likeness (QED) is 0.793. The summed E-state index contributed by atoms with van der Waals surface area (Å²) in [5, 5.41) is 9.20. The SMILES string of the molecule is CCN(C(=O)CN1CC(O)C1)C1=CCCCC1. The van der Waals surface area contributed by atoms with Gasteiger partial charge in [-0.05, 0) is 32.6 Å². The summed E-state index contributed by atoms with van der Waals surface area (Å²) in [5.74, 6) is 0.174. The highest BCUT2D eigenvalue weighted by Gasteiger charge is 2.28. The predicted molar refractivity (Wildman–Crippen MR) is 66.4 cm³/mol. The van der Waals surface area contributed by atoms with Gasteiger partial charge in [0.15, 0.2) is 0 Å². The van der Waals surface area contributed by atoms with E-state index in [1.54, 1.807) is 0 Å². The number of likely N-dealkylation sites (N-methyl/N-ethyl adjacent to an activating group) is 1. The number of likely N-dealkylation sites (tertiary alicyclic amines) is 1. The summed E-state index contributed by atoms with van der Waals surface area (Å²) in [4.78, 5) is 16.1. The van der Waals surface area contributed by atoms with E-state index in [1.165, 1.54) is 18.5 Å². The lowest BCUT2D eigenvalue weighted by Crippen LogP contribution is -2.54. The third kappa shape index (κ3) is 3.07. The average Bonchev–Trinajstić information content (AvgIpc) is 2.29. The summed E-state index contributed by atoms with van der Waals surface area (Å²) in [6, 6.07) is 0. The maximum absolute atomic E-state index is 12.1. The molecule has 2 aliphatic rings. The Bertz CT molecular complexity index is 309. The van der Waals surface area contributed by atoms with Crippen molar-refractivity contribution in [2.45, 2.75) is 38.7 Å². The minimum Gasteiger partial charge on any atom is -0.390 e. The van der Waals surface area contributed by atoms with Crippen LogP contribution in [0.1, 0.15) is 32.6 Å². The fourth-order valence-corrected chi connectivity index (χ4v) is 2.55. The molecule has 1 N–H and O–H groups in total. The van der Waals surface area contributed by atoms with Crippen LogP contribution in [0.2, 0.25) is 0 Å². The molecular weight excluding hydrogens is 216 g/mol. The van der Waals surface area contributed by atoms with Crippen molar-refractivity contribution in [2.24, 2.45) is 0 Å². The Morgan fingerprint density at radius 3 is 2.82 bits per heavy atom. The van der Waals surface area contributed by atoms with Crippen molar-refractivity contribution < 1.29 is 9.90 Å². The minimum atomic E-state index is -0.230. The highest BCUT2D eigenvalue weighted by atomic mass is 16.3. The smallest absolute Gasteiger partial charge is 0.240 e. The van der Waals surface area contributed by atoms with Crippen LogP contribution < -0.4 is 0 Å². The number of amides is 1. The van der Waals surface area contributed by atoms with Crippen molar-refractivity contribution in [3.05, 3.63) is 11.8 Å². The first-order valence-electron chi connectivity index (χ1n) is 6.60. The van der Waals surface area contributed by atoms with Gasteiger partial charge in [0, 0.05) is 25.3 Å². The van der Waals surface area contributed by atoms with Crippen molar-refractivity contribution in [1.29, 1.82) is 0 Å². The van der Waals surface area contributed by atoms with E-state index >= 15 is 0 Å². The number of allylic oxidation sites excluding steroid dienone is 2. The zero-order valence-electron chi connectivity index (χ0n) is 10.6. The van der Waals surface area contributed by atoms with Gasteiger partial charge in [-0.25, -0.2) is 0 Å². The maximum atomic E-state index is 12.1. The second-order valence-electron chi connectivity index (χ2n) is 4.93. The van der Waals surface area contributed by atoms with Crippen molar-refractivity contribution in [1.82, 2.24) is 9.80 Å². The van der Waals surface area contributed by atoms with Crippen LogP contribution >= 0.6 is 0 Å². The number of rotatable bonds is 4. The number of aliphatic hydroxyl groups excluding tert-OH is 1. The second-order valence-corrected chi connectivity index (χ2v) is 4.93. The van der Waals surface area contributed by atoms with Crippen molar-refractivity contribution in [2.75, 3.05) is 26.2 Å². The van der Waals surface area contributed by atoms with Gasteiger partial charge in [-0.15, -0.1) is 0 Å². The molecule has 1 aliphatic carbocycles. The normalized spacial score (nSPS) is 21.9. The lowest BCUT2D eigenvalue weighted by Gasteiger charge is -2.37. The molecule has 0 aromatic heterocycles. The first-order valence-corrected chi connectivity index (χ1v) is 6.60. The number of hydrogen-bond donors (Lipinski definition) is 1. The van der Waals surface area contributed by atoms with Crippen LogP contribution in [0.5, 0.6) is 0 Å². The molecule has 0 aromatic carbocycles. The number of aliphatic hydroxyl groups is 1. The molecule has 0 unspecified atom stereocenters. The Balaban J connectivity index is 1.88. The average molecular weight is 238 g/mol. The van der Waals surface area contributed by atoms with Gasteiger partial charge in [0.05, 0.1) is 12.6 Å². The molecule has 0 radical (unpaired) electrons. The molecular formula is C13H22N2O2. The second kappa shape index (κ2) is 5.65. The first kappa shape index (κ1) is 12.6. The summed E-state index contributed by atoms with van der Waals surface area (Å²) in [7, 11) is 0. The molecule has 1 aliphatic heterocycles. The van der Waals surface area contributed by atoms with Gasteiger partial charge in [0.1, 0.15) is 0 Å². The van der Waals surface area contributed by atoms with Crippen LogP contribution in [0.3, 0.4) is 0 Å². The molecule has 1 heterocycles. The molecule has 1 fully saturated rings. The van der Waals surface area contributed by atoms with Gasteiger partial charge >= 0.3 is 0 Å². The molecule has 17 heavy (non-hydrogen) atoms. The van der Waals surface area contributed by atoms with Crippen LogP contribution in [-0.4, -0.2) is 53.1 Å². The van der Waals surface area contributed by atoms with E-state index in [9.17, 15) is 9.90 Å². The van der Waals surface area contributed by atoms with E-state index in [2.05, 4.69) is 6.08 Å². The zero-order chi connectivity index (χ0) is 12.3. The summed E-state index contributed by atoms with van der Waals surface area (Å²) >= 11 is 0. The molecule has 4 heteroatoms. The monoisotopic (exact) mass is 238 g/mol. The molecule has 4 nitrogen and oxygen atoms in total. The lowest BCUT2D eigenvalue weighted by atomic mass is 10.0. The van der Waals surface area contributed by atoms with Crippen LogP contribution in [0.15, 0.2) is 11.8 Å². The third-order valence-electron chi connectivity index (χ3n) is 3.53. The Morgan fingerprint density at radius 2 is 2.29 bits per heavy atom. The molecule has 2 rings (SSSR count). The Hall–Kier alpha value is -0.870. The summed E-state index contributed by atoms with van der Waals surface area (Å²) < 4.78 is 0. The van der Waals surface area contributed by atoms with Gasteiger partial charge in [0.2, 0.25) is 5.91 Å². The predicted octanol–water partition coefficient (Wildman–Crippen LogP) is 0.969. The molecule has 96 valence electrons. The third-order valence-corrected chi connectivity index (χ3v) is 3.53. The molecule has 0 aromatic rings. The van der Waals surface area contributed by atoms with E-state index in [4.69, 9.17) is 0 Å². The summed E-state index contributed by atoms with van der Waals surface area (Å²) in [6.07, 6.45) is 6.54. The highest BCUT2D eigenvalue weighted by Crippen LogP contribution is 2.21. The van der Waals surface area contributed by atoms with Gasteiger partial charge in [-0.2, -0.15) is 0 Å². The molecule has 0 atom stereocenters. The molecule has 1 saturated heterocycles. The van der Waals surface area contributed by atoms with E-state index < -0.39 is 0 Å². The van der Waals surface area contributed by atoms with Crippen LogP contribution in [0.4, 0.5) is 0 Å². The Kier molecular flexibility index (Phi) is 4.18. The topological polar surface area (TPSA) is 43.8 Å². The standard InChI is InChI=1S/C13H22N2O2/c1-2-15(11-6-4-3-5-7-11)13(17)10-14-8-12(16)9-14/h6,12,16H,2-5,7-10H2,1H3. The largest absolute Gasteiger partial charge is 0.390 e. The van der Waals surface area contributed by atoms with Gasteiger partial charge in [0.25, 0.3) is 0 Å². The number of nitrogens with zero attached hydrogens (tertiary/aromatic N) is 2. The van der Waals surface area contributed by atoms with E-state index in [0.29, 0.717) is 19.6 Å². The van der Waals surface area contributed by atoms with Crippen LogP contribution in [0, 0.1) is 0 Å². The zero-order valence-corrected chi connectivity index (χ0v) is 10.6. The van der Waals surface area contributed by atoms with Gasteiger partial charge < -0.3 is 10.0 Å². The first-order chi connectivity index (χ1) is 8.20. The summed E-state index contributed by atoms with van der Waals surface area (Å²) in [5.41, 5.74) is 1.20. The molecule has 1 amide bonds. The van der Waals surface area contributed by atoms with Crippen LogP contribution in [0.25, 0.3) is 0 Å². The van der Waals surface area contributed by atoms with E-state index in [0.717, 1.165) is 19.4 Å². The fourth-order valence-electron chi connectivity index (χ4n) is 2.55. The number of carbonyl (C=O) groups excluding carboxylic acids is 1. The minimum absolute atomic E-state index is 0.174. The van der Waals surface area contributed by atoms with Gasteiger partial charge in [-0.3, -0.25) is 9.69 Å². The number of carbonyl (C=O) groups is 1. The number of β-amino-alcohol motifs (C(OH)–C–C–N with tert-alkyl or cyclic N) is 1. The maximum Gasteiger partial charge on any atom is 0.240 e. The molecule has 0 bridgehead atoms. The van der Waals surface area contributed by atoms with Crippen molar-refractivity contribution in [3.63, 3.8) is 0 Å². The van der Waals surface area contributed by atoms with Gasteiger partial charge in [-0.1, -0.05) is 6.08 Å². The Morgan fingerprint density at radius 1 is 1.53 bits per heavy atom. The van der Waals surface area contributed by atoms with Crippen molar-refractivity contribution in [3.8, 4) is 0 Å².